The number of hydrogen-bond acceptors (Lipinski definition) is 2. The number of anilines is 1. The van der Waals surface area contributed by atoms with Crippen molar-refractivity contribution < 1.29 is 8.78 Å². The topological polar surface area (TPSA) is 35.8 Å². The van der Waals surface area contributed by atoms with Gasteiger partial charge >= 0.3 is 0 Å². The minimum absolute atomic E-state index is 0.0700. The highest BCUT2D eigenvalue weighted by Crippen LogP contribution is 2.31. The Labute approximate surface area is 130 Å². The summed E-state index contributed by atoms with van der Waals surface area (Å²) in [7, 11) is 0. The molecule has 1 unspecified atom stereocenters. The number of benzene rings is 2. The van der Waals surface area contributed by atoms with Gasteiger partial charge in [0.2, 0.25) is 0 Å². The van der Waals surface area contributed by atoms with E-state index in [0.29, 0.717) is 11.3 Å². The standard InChI is InChI=1S/C15H10Cl2F2N2/c1-8(9-5-14(19)12(17)6-11(9)16)21-15-4-2-3-13(18)10(15)7-20/h2-6,8,21H,1H3. The Morgan fingerprint density at radius 1 is 1.14 bits per heavy atom. The molecule has 0 saturated heterocycles. The molecule has 0 aliphatic rings. The molecule has 0 spiro atoms. The molecular weight excluding hydrogens is 317 g/mol. The van der Waals surface area contributed by atoms with Crippen molar-refractivity contribution in [1.82, 2.24) is 0 Å². The summed E-state index contributed by atoms with van der Waals surface area (Å²) < 4.78 is 27.1. The lowest BCUT2D eigenvalue weighted by atomic mass is 10.1. The Balaban J connectivity index is 2.35. The molecule has 108 valence electrons. The van der Waals surface area contributed by atoms with Crippen molar-refractivity contribution in [1.29, 1.82) is 5.26 Å². The molecule has 0 fully saturated rings. The lowest BCUT2D eigenvalue weighted by molar-refractivity contribution is 0.622. The molecule has 1 atom stereocenters. The lowest BCUT2D eigenvalue weighted by Crippen LogP contribution is -2.09. The Hall–Kier alpha value is -1.83. The molecule has 0 saturated carbocycles. The van der Waals surface area contributed by atoms with Crippen LogP contribution in [0, 0.1) is 23.0 Å². The maximum atomic E-state index is 13.5. The van der Waals surface area contributed by atoms with E-state index >= 15 is 0 Å². The van der Waals surface area contributed by atoms with Crippen molar-refractivity contribution in [3.63, 3.8) is 0 Å². The largest absolute Gasteiger partial charge is 0.377 e. The van der Waals surface area contributed by atoms with Crippen LogP contribution >= 0.6 is 23.2 Å². The van der Waals surface area contributed by atoms with Gasteiger partial charge in [-0.05, 0) is 36.8 Å². The Bertz CT molecular complexity index is 726. The first-order valence-electron chi connectivity index (χ1n) is 6.03. The predicted octanol–water partition coefficient (Wildman–Crippen LogP) is 5.32. The quantitative estimate of drug-likeness (QED) is 0.775. The van der Waals surface area contributed by atoms with Crippen molar-refractivity contribution >= 4 is 28.9 Å². The zero-order valence-electron chi connectivity index (χ0n) is 10.9. The zero-order chi connectivity index (χ0) is 15.6. The van der Waals surface area contributed by atoms with Crippen LogP contribution in [-0.2, 0) is 0 Å². The Morgan fingerprint density at radius 2 is 1.86 bits per heavy atom. The molecule has 0 aliphatic carbocycles. The molecule has 2 rings (SSSR count). The van der Waals surface area contributed by atoms with Gasteiger partial charge in [0.25, 0.3) is 0 Å². The van der Waals surface area contributed by atoms with Gasteiger partial charge in [0.05, 0.1) is 16.8 Å². The van der Waals surface area contributed by atoms with Gasteiger partial charge in [-0.2, -0.15) is 5.26 Å². The molecule has 0 aliphatic heterocycles. The fraction of sp³-hybridized carbons (Fsp3) is 0.133. The van der Waals surface area contributed by atoms with E-state index in [1.807, 2.05) is 0 Å². The van der Waals surface area contributed by atoms with Crippen molar-refractivity contribution in [2.45, 2.75) is 13.0 Å². The zero-order valence-corrected chi connectivity index (χ0v) is 12.4. The third-order valence-corrected chi connectivity index (χ3v) is 3.62. The fourth-order valence-electron chi connectivity index (χ4n) is 1.94. The van der Waals surface area contributed by atoms with Gasteiger partial charge in [-0.3, -0.25) is 0 Å². The number of nitrogens with zero attached hydrogens (tertiary/aromatic N) is 1. The van der Waals surface area contributed by atoms with E-state index in [4.69, 9.17) is 28.5 Å². The average Bonchev–Trinajstić information content (AvgIpc) is 2.43. The number of hydrogen-bond donors (Lipinski definition) is 1. The molecule has 2 aromatic carbocycles. The normalized spacial score (nSPS) is 11.8. The van der Waals surface area contributed by atoms with E-state index in [2.05, 4.69) is 5.32 Å². The monoisotopic (exact) mass is 326 g/mol. The second-order valence-corrected chi connectivity index (χ2v) is 5.24. The molecular formula is C15H10Cl2F2N2. The first-order chi connectivity index (χ1) is 9.93. The highest BCUT2D eigenvalue weighted by atomic mass is 35.5. The molecule has 0 heterocycles. The SMILES string of the molecule is CC(Nc1cccc(F)c1C#N)c1cc(F)c(Cl)cc1Cl. The van der Waals surface area contributed by atoms with Crippen LogP contribution in [0.2, 0.25) is 10.0 Å². The third-order valence-electron chi connectivity index (χ3n) is 3.00. The van der Waals surface area contributed by atoms with Crippen LogP contribution in [0.3, 0.4) is 0 Å². The highest BCUT2D eigenvalue weighted by Gasteiger charge is 2.16. The minimum Gasteiger partial charge on any atom is -0.377 e. The Kier molecular flexibility index (Phi) is 4.66. The van der Waals surface area contributed by atoms with Gasteiger partial charge in [-0.15, -0.1) is 0 Å². The maximum absolute atomic E-state index is 13.5. The molecule has 6 heteroatoms. The summed E-state index contributed by atoms with van der Waals surface area (Å²) in [6.45, 7) is 1.72. The lowest BCUT2D eigenvalue weighted by Gasteiger charge is -2.18. The molecule has 0 bridgehead atoms. The van der Waals surface area contributed by atoms with E-state index in [-0.39, 0.29) is 15.6 Å². The number of nitrogens with one attached hydrogen (secondary N) is 1. The van der Waals surface area contributed by atoms with E-state index < -0.39 is 17.7 Å². The van der Waals surface area contributed by atoms with Gasteiger partial charge in [0.1, 0.15) is 23.3 Å². The fourth-order valence-corrected chi connectivity index (χ4v) is 2.49. The second-order valence-electron chi connectivity index (χ2n) is 4.43. The molecule has 0 radical (unpaired) electrons. The summed E-state index contributed by atoms with van der Waals surface area (Å²) in [5.74, 6) is -1.22. The van der Waals surface area contributed by atoms with Crippen molar-refractivity contribution in [2.75, 3.05) is 5.32 Å². The van der Waals surface area contributed by atoms with Gasteiger partial charge in [0, 0.05) is 5.02 Å². The van der Waals surface area contributed by atoms with Crippen LogP contribution in [0.25, 0.3) is 0 Å². The number of rotatable bonds is 3. The molecule has 2 aromatic rings. The van der Waals surface area contributed by atoms with Crippen LogP contribution in [0.15, 0.2) is 30.3 Å². The van der Waals surface area contributed by atoms with Crippen LogP contribution in [0.5, 0.6) is 0 Å². The minimum atomic E-state index is -0.622. The summed E-state index contributed by atoms with van der Waals surface area (Å²) in [5.41, 5.74) is 0.679. The smallest absolute Gasteiger partial charge is 0.143 e. The van der Waals surface area contributed by atoms with Crippen LogP contribution in [-0.4, -0.2) is 0 Å². The van der Waals surface area contributed by atoms with E-state index in [1.54, 1.807) is 19.1 Å². The van der Waals surface area contributed by atoms with Gasteiger partial charge < -0.3 is 5.32 Å². The van der Waals surface area contributed by atoms with E-state index in [9.17, 15) is 8.78 Å². The van der Waals surface area contributed by atoms with Crippen LogP contribution in [0.4, 0.5) is 14.5 Å². The van der Waals surface area contributed by atoms with Gasteiger partial charge in [-0.25, -0.2) is 8.78 Å². The molecule has 0 aromatic heterocycles. The summed E-state index contributed by atoms with van der Waals surface area (Å²) in [6, 6.07) is 8.13. The van der Waals surface area contributed by atoms with Gasteiger partial charge in [0.15, 0.2) is 0 Å². The summed E-state index contributed by atoms with van der Waals surface area (Å²) in [6.07, 6.45) is 0. The highest BCUT2D eigenvalue weighted by molar-refractivity contribution is 6.35. The third kappa shape index (κ3) is 3.26. The predicted molar refractivity (Wildman–Crippen MR) is 79.6 cm³/mol. The van der Waals surface area contributed by atoms with Gasteiger partial charge in [-0.1, -0.05) is 29.3 Å². The molecule has 21 heavy (non-hydrogen) atoms. The maximum Gasteiger partial charge on any atom is 0.143 e. The molecule has 1 N–H and O–H groups in total. The molecule has 2 nitrogen and oxygen atoms in total. The Morgan fingerprint density at radius 3 is 2.52 bits per heavy atom. The van der Waals surface area contributed by atoms with Crippen LogP contribution < -0.4 is 5.32 Å². The van der Waals surface area contributed by atoms with E-state index in [1.165, 1.54) is 24.3 Å². The first-order valence-corrected chi connectivity index (χ1v) is 6.79. The summed E-state index contributed by atoms with van der Waals surface area (Å²) in [5, 5.41) is 12.2. The van der Waals surface area contributed by atoms with Crippen molar-refractivity contribution in [3.8, 4) is 6.07 Å². The summed E-state index contributed by atoms with van der Waals surface area (Å²) in [4.78, 5) is 0. The van der Waals surface area contributed by atoms with Crippen molar-refractivity contribution in [2.24, 2.45) is 0 Å². The average molecular weight is 327 g/mol. The number of nitriles is 1. The molecule has 0 amide bonds. The summed E-state index contributed by atoms with van der Waals surface area (Å²) >= 11 is 11.7. The van der Waals surface area contributed by atoms with E-state index in [0.717, 1.165) is 0 Å². The number of halogens is 4. The van der Waals surface area contributed by atoms with Crippen LogP contribution in [0.1, 0.15) is 24.1 Å². The first kappa shape index (κ1) is 15.6. The van der Waals surface area contributed by atoms with Crippen molar-refractivity contribution in [3.05, 3.63) is 63.1 Å². The second kappa shape index (κ2) is 6.30.